The van der Waals surface area contributed by atoms with Gasteiger partial charge in [-0.15, -0.1) is 11.3 Å². The van der Waals surface area contributed by atoms with Crippen molar-refractivity contribution in [2.75, 3.05) is 43.4 Å². The number of amides is 2. The summed E-state index contributed by atoms with van der Waals surface area (Å²) in [5.74, 6) is -0.238. The molecule has 2 aromatic rings. The minimum atomic E-state index is -2.29. The molecule has 2 saturated heterocycles. The zero-order chi connectivity index (χ0) is 26.5. The van der Waals surface area contributed by atoms with E-state index in [-0.39, 0.29) is 33.9 Å². The first-order valence-electron chi connectivity index (χ1n) is 11.8. The molecule has 10 nitrogen and oxygen atoms in total. The molecular weight excluding hydrogens is 502 g/mol. The maximum absolute atomic E-state index is 12.9. The molecule has 2 fully saturated rings. The molecule has 4 rings (SSSR count). The van der Waals surface area contributed by atoms with Crippen molar-refractivity contribution in [2.45, 2.75) is 50.7 Å². The van der Waals surface area contributed by atoms with Crippen LogP contribution >= 0.6 is 11.3 Å². The van der Waals surface area contributed by atoms with Crippen molar-refractivity contribution in [1.29, 1.82) is 0 Å². The van der Waals surface area contributed by atoms with Crippen LogP contribution in [0.15, 0.2) is 40.7 Å². The number of aliphatic hydroxyl groups is 1. The summed E-state index contributed by atoms with van der Waals surface area (Å²) in [6.07, 6.45) is 1.79. The van der Waals surface area contributed by atoms with Gasteiger partial charge in [0.15, 0.2) is 5.13 Å². The minimum Gasteiger partial charge on any atom is -0.768 e. The van der Waals surface area contributed by atoms with Gasteiger partial charge in [-0.3, -0.25) is 18.7 Å². The van der Waals surface area contributed by atoms with Crippen LogP contribution < -0.4 is 10.6 Å². The highest BCUT2D eigenvalue weighted by Crippen LogP contribution is 2.27. The van der Waals surface area contributed by atoms with Crippen molar-refractivity contribution in [3.8, 4) is 0 Å². The number of benzene rings is 1. The van der Waals surface area contributed by atoms with Gasteiger partial charge >= 0.3 is 0 Å². The molecule has 0 saturated carbocycles. The number of thiazole rings is 1. The Balaban J connectivity index is 0. The summed E-state index contributed by atoms with van der Waals surface area (Å²) < 4.78 is 22.0. The van der Waals surface area contributed by atoms with E-state index < -0.39 is 17.2 Å². The van der Waals surface area contributed by atoms with Gasteiger partial charge in [-0.25, -0.2) is 4.98 Å². The molecule has 0 bridgehead atoms. The largest absolute Gasteiger partial charge is 0.768 e. The number of piperazine rings is 1. The smallest absolute Gasteiger partial charge is 0.251 e. The van der Waals surface area contributed by atoms with Crippen LogP contribution in [0.4, 0.5) is 10.8 Å². The van der Waals surface area contributed by atoms with Crippen LogP contribution in [0.5, 0.6) is 0 Å². The first-order chi connectivity index (χ1) is 17.0. The normalized spacial score (nSPS) is 20.6. The lowest BCUT2D eigenvalue weighted by atomic mass is 9.89. The lowest BCUT2D eigenvalue weighted by Gasteiger charge is -2.38. The Morgan fingerprint density at radius 1 is 1.25 bits per heavy atom. The van der Waals surface area contributed by atoms with Crippen LogP contribution in [0, 0.1) is 5.41 Å². The molecule has 2 aliphatic rings. The molecule has 1 aromatic carbocycles. The van der Waals surface area contributed by atoms with Crippen LogP contribution in [-0.2, 0) is 20.7 Å². The number of aromatic nitrogens is 1. The van der Waals surface area contributed by atoms with E-state index >= 15 is 0 Å². The van der Waals surface area contributed by atoms with Gasteiger partial charge in [-0.05, 0) is 53.6 Å². The van der Waals surface area contributed by atoms with Gasteiger partial charge in [-0.2, -0.15) is 0 Å². The molecule has 0 radical (unpaired) electrons. The zero-order valence-electron chi connectivity index (χ0n) is 20.8. The van der Waals surface area contributed by atoms with E-state index in [0.717, 1.165) is 0 Å². The third kappa shape index (κ3) is 7.56. The van der Waals surface area contributed by atoms with E-state index in [0.29, 0.717) is 56.4 Å². The van der Waals surface area contributed by atoms with Gasteiger partial charge in [0.1, 0.15) is 6.10 Å². The van der Waals surface area contributed by atoms with Crippen molar-refractivity contribution in [3.05, 3.63) is 35.8 Å². The summed E-state index contributed by atoms with van der Waals surface area (Å²) in [5, 5.41) is 12.7. The van der Waals surface area contributed by atoms with Crippen molar-refractivity contribution < 1.29 is 29.2 Å². The van der Waals surface area contributed by atoms with E-state index in [9.17, 15) is 23.5 Å². The topological polar surface area (TPSA) is 143 Å². The average molecular weight is 545 g/mol. The van der Waals surface area contributed by atoms with E-state index in [1.165, 1.54) is 23.5 Å². The Hall–Kier alpha value is -2.38. The molecular formula is C24H42N5O5S2-. The molecule has 2 amide bonds. The molecule has 0 spiro atoms. The van der Waals surface area contributed by atoms with Crippen LogP contribution in [0.1, 0.15) is 39.3 Å². The van der Waals surface area contributed by atoms with Crippen molar-refractivity contribution in [1.82, 2.24) is 14.8 Å². The Labute approximate surface area is 224 Å². The molecule has 3 heterocycles. The molecule has 1 unspecified atom stereocenters. The summed E-state index contributed by atoms with van der Waals surface area (Å²) >= 11 is -0.842. The number of anilines is 2. The Morgan fingerprint density at radius 3 is 2.36 bits per heavy atom. The average Bonchev–Trinajstić information content (AvgIpc) is 3.46. The molecule has 2 aliphatic heterocycles. The summed E-state index contributed by atoms with van der Waals surface area (Å²) in [4.78, 5) is 34.8. The van der Waals surface area contributed by atoms with E-state index in [2.05, 4.69) is 9.88 Å². The molecule has 1 aromatic heterocycles. The summed E-state index contributed by atoms with van der Waals surface area (Å²) in [5.41, 5.74) is 5.75. The second kappa shape index (κ2) is 12.2. The Bertz CT molecular complexity index is 1050. The maximum atomic E-state index is 12.9. The minimum absolute atomic E-state index is 0. The molecule has 36 heavy (non-hydrogen) atoms. The van der Waals surface area contributed by atoms with Gasteiger partial charge in [-0.1, -0.05) is 20.8 Å². The second-order valence-electron chi connectivity index (χ2n) is 10.0. The third-order valence-electron chi connectivity index (χ3n) is 6.13. The summed E-state index contributed by atoms with van der Waals surface area (Å²) in [7, 11) is 0. The standard InChI is InChI=1S/C21H31N3O5S.C3H4N2S.4H2/c1-21(2,3)14-18(25)20(27)23-12-10-22(11-13-23)17-8-9-24(19(17)26)15-4-6-16(7-5-15)30(28)29;4-3-5-1-2-6-3;;;;/h4-7,17-18,25H,8-14H2,1-3H3,(H,28,29);1-2H,(H2,4,5);4*1H/p-1/t17-,18+;;;;;/m0...../s1. The Kier molecular flexibility index (Phi) is 9.59. The van der Waals surface area contributed by atoms with Crippen LogP contribution in [0.3, 0.4) is 0 Å². The lowest BCUT2D eigenvalue weighted by Crippen LogP contribution is -2.55. The third-order valence-corrected chi connectivity index (χ3v) is 7.39. The summed E-state index contributed by atoms with van der Waals surface area (Å²) in [6, 6.07) is 6.05. The van der Waals surface area contributed by atoms with Gasteiger partial charge in [0.2, 0.25) is 5.91 Å². The van der Waals surface area contributed by atoms with Crippen LogP contribution in [-0.4, -0.2) is 85.3 Å². The Morgan fingerprint density at radius 2 is 1.89 bits per heavy atom. The van der Waals surface area contributed by atoms with E-state index in [1.54, 1.807) is 28.1 Å². The highest BCUT2D eigenvalue weighted by atomic mass is 32.2. The fraction of sp³-hybridized carbons (Fsp3) is 0.542. The van der Waals surface area contributed by atoms with Crippen LogP contribution in [0.2, 0.25) is 0 Å². The predicted molar refractivity (Wildman–Crippen MR) is 148 cm³/mol. The first kappa shape index (κ1) is 28.2. The number of hydrogen-bond donors (Lipinski definition) is 2. The van der Waals surface area contributed by atoms with Crippen LogP contribution in [0.25, 0.3) is 0 Å². The fourth-order valence-corrected chi connectivity index (χ4v) is 5.10. The number of nitrogens with zero attached hydrogens (tertiary/aromatic N) is 4. The van der Waals surface area contributed by atoms with E-state index in [4.69, 9.17) is 5.73 Å². The molecule has 206 valence electrons. The van der Waals surface area contributed by atoms with Gasteiger partial charge in [0, 0.05) is 60.6 Å². The SMILES string of the molecule is CC(C)(C)C[C@@H](O)C(=O)N1CCN([C@H]2CCN(c3ccc(S(=O)[O-])cc3)C2=O)CC1.Nc1nccs1.[HH].[HH].[HH].[HH]. The fourth-order valence-electron chi connectivity index (χ4n) is 4.36. The lowest BCUT2D eigenvalue weighted by molar-refractivity contribution is -0.144. The van der Waals surface area contributed by atoms with Gasteiger partial charge < -0.3 is 25.2 Å². The molecule has 12 heteroatoms. The number of nitrogen functional groups attached to an aromatic ring is 1. The quantitative estimate of drug-likeness (QED) is 0.547. The number of aliphatic hydroxyl groups excluding tert-OH is 1. The van der Waals surface area contributed by atoms with Crippen molar-refractivity contribution in [3.63, 3.8) is 0 Å². The summed E-state index contributed by atoms with van der Waals surface area (Å²) in [6.45, 7) is 8.72. The molecule has 0 aliphatic carbocycles. The maximum Gasteiger partial charge on any atom is 0.251 e. The highest BCUT2D eigenvalue weighted by molar-refractivity contribution is 7.79. The molecule has 3 atom stereocenters. The monoisotopic (exact) mass is 544 g/mol. The second-order valence-corrected chi connectivity index (χ2v) is 11.9. The number of carbonyl (C=O) groups is 2. The highest BCUT2D eigenvalue weighted by Gasteiger charge is 2.39. The first-order valence-corrected chi connectivity index (χ1v) is 13.8. The van der Waals surface area contributed by atoms with Crippen molar-refractivity contribution >= 4 is 45.1 Å². The van der Waals surface area contributed by atoms with Crippen molar-refractivity contribution in [2.24, 2.45) is 5.41 Å². The zero-order valence-corrected chi connectivity index (χ0v) is 22.5. The molecule has 3 N–H and O–H groups in total. The number of nitrogens with two attached hydrogens (primary N) is 1. The predicted octanol–water partition coefficient (Wildman–Crippen LogP) is 2.68. The van der Waals surface area contributed by atoms with Gasteiger partial charge in [0.05, 0.1) is 6.04 Å². The number of hydrogen-bond acceptors (Lipinski definition) is 9. The van der Waals surface area contributed by atoms with Gasteiger partial charge in [0.25, 0.3) is 5.91 Å². The van der Waals surface area contributed by atoms with E-state index in [1.807, 2.05) is 26.2 Å². The number of carbonyl (C=O) groups excluding carboxylic acids is 2. The number of rotatable bonds is 5.